The topological polar surface area (TPSA) is 29.1 Å². The molecule has 0 aromatic carbocycles. The molecule has 0 saturated carbocycles. The molecule has 1 heterocycles. The van der Waals surface area contributed by atoms with Crippen LogP contribution in [0.15, 0.2) is 16.3 Å². The van der Waals surface area contributed by atoms with Crippen LogP contribution in [0, 0.1) is 0 Å². The number of thiophene rings is 1. The number of carbonyl (C=O) groups is 1. The Morgan fingerprint density at radius 3 is 2.80 bits per heavy atom. The molecule has 1 aromatic heterocycles. The summed E-state index contributed by atoms with van der Waals surface area (Å²) in [5.74, 6) is 0.0283. The number of nitrogens with one attached hydrogen (secondary N) is 1. The van der Waals surface area contributed by atoms with E-state index in [9.17, 15) is 4.79 Å². The van der Waals surface area contributed by atoms with Crippen LogP contribution >= 0.6 is 24.0 Å². The van der Waals surface area contributed by atoms with E-state index >= 15 is 0 Å². The highest BCUT2D eigenvalue weighted by atomic mass is 32.1. The summed E-state index contributed by atoms with van der Waals surface area (Å²) >= 11 is 5.62. The summed E-state index contributed by atoms with van der Waals surface area (Å²) in [6, 6.07) is 2.11. The predicted molar refractivity (Wildman–Crippen MR) is 68.0 cm³/mol. The number of thiol groups is 1. The van der Waals surface area contributed by atoms with Crippen LogP contribution in [0.2, 0.25) is 0 Å². The van der Waals surface area contributed by atoms with Crippen molar-refractivity contribution in [1.82, 2.24) is 5.32 Å². The second-order valence-electron chi connectivity index (χ2n) is 3.54. The average molecular weight is 243 g/mol. The number of amides is 1. The molecule has 84 valence electrons. The number of hydrogen-bond donors (Lipinski definition) is 2. The Labute approximate surface area is 100 Å². The first-order valence-electron chi connectivity index (χ1n) is 5.25. The van der Waals surface area contributed by atoms with Gasteiger partial charge in [-0.15, -0.1) is 24.0 Å². The molecule has 0 bridgehead atoms. The predicted octanol–water partition coefficient (Wildman–Crippen LogP) is 3.35. The first-order valence-corrected chi connectivity index (χ1v) is 6.58. The van der Waals surface area contributed by atoms with Crippen LogP contribution in [0.1, 0.15) is 42.8 Å². The zero-order chi connectivity index (χ0) is 11.3. The van der Waals surface area contributed by atoms with Crippen molar-refractivity contribution < 1.29 is 4.79 Å². The molecule has 0 aliphatic carbocycles. The van der Waals surface area contributed by atoms with Gasteiger partial charge in [-0.3, -0.25) is 4.79 Å². The van der Waals surface area contributed by atoms with Crippen LogP contribution in [-0.4, -0.2) is 11.9 Å². The fraction of sp³-hybridized carbons (Fsp3) is 0.545. The fourth-order valence-electron chi connectivity index (χ4n) is 1.43. The Kier molecular flexibility index (Phi) is 5.19. The first-order chi connectivity index (χ1) is 7.17. The van der Waals surface area contributed by atoms with Crippen molar-refractivity contribution in [2.24, 2.45) is 0 Å². The standard InChI is InChI=1S/C11H17NOS2/c1-3-5-8(4-2)12-11(13)10-6-9(14)7-15-10/h6-8,14H,3-5H2,1-2H3,(H,12,13). The highest BCUT2D eigenvalue weighted by Gasteiger charge is 2.12. The van der Waals surface area contributed by atoms with E-state index in [-0.39, 0.29) is 5.91 Å². The molecule has 0 fully saturated rings. The van der Waals surface area contributed by atoms with E-state index in [2.05, 4.69) is 31.8 Å². The second kappa shape index (κ2) is 6.18. The first kappa shape index (κ1) is 12.6. The zero-order valence-corrected chi connectivity index (χ0v) is 10.8. The minimum atomic E-state index is 0.0283. The van der Waals surface area contributed by atoms with Crippen molar-refractivity contribution in [3.05, 3.63) is 16.3 Å². The minimum absolute atomic E-state index is 0.0283. The van der Waals surface area contributed by atoms with E-state index in [1.807, 2.05) is 11.4 Å². The van der Waals surface area contributed by atoms with Crippen molar-refractivity contribution in [2.75, 3.05) is 0 Å². The van der Waals surface area contributed by atoms with Crippen LogP contribution in [0.4, 0.5) is 0 Å². The maximum absolute atomic E-state index is 11.8. The molecule has 0 radical (unpaired) electrons. The van der Waals surface area contributed by atoms with E-state index in [1.165, 1.54) is 11.3 Å². The van der Waals surface area contributed by atoms with Gasteiger partial charge >= 0.3 is 0 Å². The fourth-order valence-corrected chi connectivity index (χ4v) is 2.48. The van der Waals surface area contributed by atoms with Crippen molar-refractivity contribution in [3.63, 3.8) is 0 Å². The van der Waals surface area contributed by atoms with Gasteiger partial charge in [0.05, 0.1) is 4.88 Å². The van der Waals surface area contributed by atoms with Crippen LogP contribution in [0.3, 0.4) is 0 Å². The average Bonchev–Trinajstić information content (AvgIpc) is 2.64. The van der Waals surface area contributed by atoms with Crippen molar-refractivity contribution in [2.45, 2.75) is 44.0 Å². The lowest BCUT2D eigenvalue weighted by Crippen LogP contribution is -2.33. The lowest BCUT2D eigenvalue weighted by molar-refractivity contribution is 0.0937. The molecule has 4 heteroatoms. The molecule has 1 atom stereocenters. The third-order valence-corrected chi connectivity index (χ3v) is 3.64. The number of carbonyl (C=O) groups excluding carboxylic acids is 1. The summed E-state index contributed by atoms with van der Waals surface area (Å²) in [5.41, 5.74) is 0. The zero-order valence-electron chi connectivity index (χ0n) is 9.12. The van der Waals surface area contributed by atoms with Gasteiger partial charge in [-0.2, -0.15) is 0 Å². The Hall–Kier alpha value is -0.480. The van der Waals surface area contributed by atoms with Crippen LogP contribution < -0.4 is 5.32 Å². The SMILES string of the molecule is CCCC(CC)NC(=O)c1cc(S)cs1. The molecule has 1 aromatic rings. The Bertz CT molecular complexity index is 322. The summed E-state index contributed by atoms with van der Waals surface area (Å²) in [7, 11) is 0. The second-order valence-corrected chi connectivity index (χ2v) is 4.96. The summed E-state index contributed by atoms with van der Waals surface area (Å²) < 4.78 is 0. The summed E-state index contributed by atoms with van der Waals surface area (Å²) in [4.78, 5) is 13.4. The molecule has 0 aliphatic heterocycles. The third kappa shape index (κ3) is 3.87. The van der Waals surface area contributed by atoms with E-state index in [0.717, 1.165) is 29.0 Å². The molecule has 1 rings (SSSR count). The minimum Gasteiger partial charge on any atom is -0.349 e. The lowest BCUT2D eigenvalue weighted by atomic mass is 10.1. The van der Waals surface area contributed by atoms with Gasteiger partial charge in [0.2, 0.25) is 0 Å². The van der Waals surface area contributed by atoms with Gasteiger partial charge in [0, 0.05) is 16.3 Å². The summed E-state index contributed by atoms with van der Waals surface area (Å²) in [5, 5.41) is 4.91. The van der Waals surface area contributed by atoms with Crippen molar-refractivity contribution in [3.8, 4) is 0 Å². The quantitative estimate of drug-likeness (QED) is 0.763. The number of hydrogen-bond acceptors (Lipinski definition) is 3. The molecule has 2 nitrogen and oxygen atoms in total. The highest BCUT2D eigenvalue weighted by Crippen LogP contribution is 2.17. The Morgan fingerprint density at radius 1 is 1.60 bits per heavy atom. The molecule has 0 spiro atoms. The molecular weight excluding hydrogens is 226 g/mol. The molecule has 1 amide bonds. The van der Waals surface area contributed by atoms with Crippen LogP contribution in [0.25, 0.3) is 0 Å². The van der Waals surface area contributed by atoms with Gasteiger partial charge in [-0.25, -0.2) is 0 Å². The smallest absolute Gasteiger partial charge is 0.261 e. The van der Waals surface area contributed by atoms with Crippen molar-refractivity contribution >= 4 is 29.9 Å². The van der Waals surface area contributed by atoms with E-state index in [1.54, 1.807) is 0 Å². The highest BCUT2D eigenvalue weighted by molar-refractivity contribution is 7.80. The maximum Gasteiger partial charge on any atom is 0.261 e. The van der Waals surface area contributed by atoms with Gasteiger partial charge in [0.1, 0.15) is 0 Å². The largest absolute Gasteiger partial charge is 0.349 e. The van der Waals surface area contributed by atoms with Gasteiger partial charge in [0.25, 0.3) is 5.91 Å². The Morgan fingerprint density at radius 2 is 2.33 bits per heavy atom. The molecule has 15 heavy (non-hydrogen) atoms. The number of rotatable bonds is 5. The van der Waals surface area contributed by atoms with Crippen LogP contribution in [0.5, 0.6) is 0 Å². The molecule has 0 aliphatic rings. The third-order valence-electron chi connectivity index (χ3n) is 2.27. The van der Waals surface area contributed by atoms with Gasteiger partial charge in [-0.1, -0.05) is 20.3 Å². The molecule has 0 saturated heterocycles. The normalized spacial score (nSPS) is 12.5. The van der Waals surface area contributed by atoms with Gasteiger partial charge in [0.15, 0.2) is 0 Å². The Balaban J connectivity index is 2.54. The van der Waals surface area contributed by atoms with E-state index in [0.29, 0.717) is 6.04 Å². The molecule has 1 N–H and O–H groups in total. The van der Waals surface area contributed by atoms with Gasteiger partial charge < -0.3 is 5.32 Å². The van der Waals surface area contributed by atoms with E-state index < -0.39 is 0 Å². The maximum atomic E-state index is 11.8. The molecule has 1 unspecified atom stereocenters. The van der Waals surface area contributed by atoms with Gasteiger partial charge in [-0.05, 0) is 18.9 Å². The molecular formula is C11H17NOS2. The lowest BCUT2D eigenvalue weighted by Gasteiger charge is -2.15. The summed E-state index contributed by atoms with van der Waals surface area (Å²) in [6.45, 7) is 4.23. The monoisotopic (exact) mass is 243 g/mol. The van der Waals surface area contributed by atoms with E-state index in [4.69, 9.17) is 0 Å². The summed E-state index contributed by atoms with van der Waals surface area (Å²) in [6.07, 6.45) is 3.13. The van der Waals surface area contributed by atoms with Crippen molar-refractivity contribution in [1.29, 1.82) is 0 Å². The van der Waals surface area contributed by atoms with Crippen LogP contribution in [-0.2, 0) is 0 Å².